The van der Waals surface area contributed by atoms with E-state index in [4.69, 9.17) is 4.74 Å². The average Bonchev–Trinajstić information content (AvgIpc) is 2.48. The van der Waals surface area contributed by atoms with Crippen molar-refractivity contribution in [1.82, 2.24) is 0 Å². The van der Waals surface area contributed by atoms with E-state index in [2.05, 4.69) is 0 Å². The minimum absolute atomic E-state index is 0.100. The van der Waals surface area contributed by atoms with Crippen LogP contribution < -0.4 is 0 Å². The molecule has 0 aliphatic heterocycles. The maximum Gasteiger partial charge on any atom is 0.416 e. The summed E-state index contributed by atoms with van der Waals surface area (Å²) >= 11 is 1.55. The second-order valence-corrected chi connectivity index (χ2v) is 5.93. The molecule has 0 aliphatic rings. The fourth-order valence-electron chi connectivity index (χ4n) is 1.76. The quantitative estimate of drug-likeness (QED) is 0.246. The molecule has 1 aromatic carbocycles. The van der Waals surface area contributed by atoms with E-state index < -0.39 is 29.1 Å². The summed E-state index contributed by atoms with van der Waals surface area (Å²) in [6, 6.07) is 4.74. The van der Waals surface area contributed by atoms with Gasteiger partial charge in [0, 0.05) is 5.75 Å². The highest BCUT2D eigenvalue weighted by atomic mass is 32.2. The summed E-state index contributed by atoms with van der Waals surface area (Å²) in [6.45, 7) is 3.16. The molecule has 0 bridgehead atoms. The molecule has 0 heterocycles. The van der Waals surface area contributed by atoms with Crippen LogP contribution in [0.5, 0.6) is 0 Å². The molecular weight excluding hydrogens is 329 g/mol. The Morgan fingerprint density at radius 1 is 1.26 bits per heavy atom. The minimum Gasteiger partial charge on any atom is -0.461 e. The summed E-state index contributed by atoms with van der Waals surface area (Å²) in [4.78, 5) is 23.5. The minimum atomic E-state index is -4.57. The molecule has 0 saturated carbocycles. The normalized spacial score (nSPS) is 12.1. The zero-order valence-electron chi connectivity index (χ0n) is 12.8. The highest BCUT2D eigenvalue weighted by Crippen LogP contribution is 2.32. The maximum absolute atomic E-state index is 13.0. The van der Waals surface area contributed by atoms with Gasteiger partial charge in [-0.1, -0.05) is 25.1 Å². The molecule has 0 unspecified atom stereocenters. The van der Waals surface area contributed by atoms with Crippen LogP contribution in [0.1, 0.15) is 25.0 Å². The molecule has 1 rings (SSSR count). The third-order valence-corrected chi connectivity index (χ3v) is 3.69. The van der Waals surface area contributed by atoms with Crippen LogP contribution >= 0.6 is 11.8 Å². The van der Waals surface area contributed by atoms with E-state index in [0.29, 0.717) is 5.75 Å². The fourth-order valence-corrected chi connectivity index (χ4v) is 2.25. The summed E-state index contributed by atoms with van der Waals surface area (Å²) < 4.78 is 43.8. The number of rotatable bonds is 7. The molecule has 0 radical (unpaired) electrons. The molecule has 0 fully saturated rings. The van der Waals surface area contributed by atoms with Crippen LogP contribution in [0.25, 0.3) is 6.08 Å². The molecule has 126 valence electrons. The lowest BCUT2D eigenvalue weighted by Gasteiger charge is -2.11. The standard InChI is InChI=1S/C16H17F3O3S/c1-3-23-9-8-22-15(21)13(11(2)20)10-12-6-4-5-7-14(12)16(17,18)19/h4-7,10H,3,8-9H2,1-2H3. The van der Waals surface area contributed by atoms with Gasteiger partial charge >= 0.3 is 12.1 Å². The third kappa shape index (κ3) is 6.09. The van der Waals surface area contributed by atoms with E-state index in [1.807, 2.05) is 6.92 Å². The van der Waals surface area contributed by atoms with Crippen LogP contribution in [0.4, 0.5) is 13.2 Å². The van der Waals surface area contributed by atoms with E-state index >= 15 is 0 Å². The van der Waals surface area contributed by atoms with Crippen LogP contribution in [0.3, 0.4) is 0 Å². The van der Waals surface area contributed by atoms with Gasteiger partial charge in [-0.15, -0.1) is 0 Å². The first-order valence-corrected chi connectivity index (χ1v) is 8.06. The topological polar surface area (TPSA) is 43.4 Å². The Labute approximate surface area is 136 Å². The summed E-state index contributed by atoms with van der Waals surface area (Å²) in [5.41, 5.74) is -1.55. The predicted molar refractivity (Wildman–Crippen MR) is 84.1 cm³/mol. The molecule has 0 amide bonds. The number of esters is 1. The molecule has 0 saturated heterocycles. The lowest BCUT2D eigenvalue weighted by molar-refractivity contribution is -0.140. The van der Waals surface area contributed by atoms with Crippen LogP contribution in [0.2, 0.25) is 0 Å². The monoisotopic (exact) mass is 346 g/mol. The molecule has 1 aromatic rings. The van der Waals surface area contributed by atoms with E-state index in [9.17, 15) is 22.8 Å². The van der Waals surface area contributed by atoms with Crippen molar-refractivity contribution in [2.45, 2.75) is 20.0 Å². The van der Waals surface area contributed by atoms with E-state index in [1.165, 1.54) is 18.2 Å². The second-order valence-electron chi connectivity index (χ2n) is 4.53. The van der Waals surface area contributed by atoms with E-state index in [1.54, 1.807) is 11.8 Å². The number of thioether (sulfide) groups is 1. The number of halogens is 3. The number of alkyl halides is 3. The average molecular weight is 346 g/mol. The first kappa shape index (κ1) is 19.3. The number of hydrogen-bond donors (Lipinski definition) is 0. The van der Waals surface area contributed by atoms with Gasteiger partial charge in [-0.25, -0.2) is 4.79 Å². The number of carbonyl (C=O) groups excluding carboxylic acids is 2. The van der Waals surface area contributed by atoms with Gasteiger partial charge in [0.1, 0.15) is 12.2 Å². The Kier molecular flexibility index (Phi) is 7.35. The third-order valence-electron chi connectivity index (χ3n) is 2.83. The van der Waals surface area contributed by atoms with Crippen molar-refractivity contribution in [3.05, 3.63) is 41.0 Å². The van der Waals surface area contributed by atoms with Gasteiger partial charge in [-0.05, 0) is 30.4 Å². The number of ketones is 1. The molecule has 0 atom stereocenters. The first-order valence-electron chi connectivity index (χ1n) is 6.91. The molecule has 7 heteroatoms. The zero-order valence-corrected chi connectivity index (χ0v) is 13.6. The Hall–Kier alpha value is -1.76. The summed E-state index contributed by atoms with van der Waals surface area (Å²) in [7, 11) is 0. The number of hydrogen-bond acceptors (Lipinski definition) is 4. The zero-order chi connectivity index (χ0) is 17.5. The Balaban J connectivity index is 3.05. The van der Waals surface area contributed by atoms with Crippen LogP contribution in [0, 0.1) is 0 Å². The number of benzene rings is 1. The van der Waals surface area contributed by atoms with Crippen molar-refractivity contribution in [2.24, 2.45) is 0 Å². The van der Waals surface area contributed by atoms with Gasteiger partial charge in [-0.3, -0.25) is 4.79 Å². The number of carbonyl (C=O) groups is 2. The van der Waals surface area contributed by atoms with Crippen LogP contribution in [-0.2, 0) is 20.5 Å². The van der Waals surface area contributed by atoms with Gasteiger partial charge in [0.05, 0.1) is 5.56 Å². The maximum atomic E-state index is 13.0. The summed E-state index contributed by atoms with van der Waals surface area (Å²) in [5, 5.41) is 0. The number of Topliss-reactive ketones (excluding diaryl/α,β-unsaturated/α-hetero) is 1. The van der Waals surface area contributed by atoms with Crippen LogP contribution in [-0.4, -0.2) is 29.9 Å². The SMILES string of the molecule is CCSCCOC(=O)C(=Cc1ccccc1C(F)(F)F)C(C)=O. The van der Waals surface area contributed by atoms with Gasteiger partial charge in [-0.2, -0.15) is 24.9 Å². The molecule has 0 aromatic heterocycles. The molecule has 0 spiro atoms. The lowest BCUT2D eigenvalue weighted by Crippen LogP contribution is -2.16. The van der Waals surface area contributed by atoms with E-state index in [-0.39, 0.29) is 12.2 Å². The highest BCUT2D eigenvalue weighted by molar-refractivity contribution is 7.99. The Morgan fingerprint density at radius 3 is 2.48 bits per heavy atom. The largest absolute Gasteiger partial charge is 0.461 e. The smallest absolute Gasteiger partial charge is 0.416 e. The van der Waals surface area contributed by atoms with Crippen molar-refractivity contribution >= 4 is 29.6 Å². The molecule has 23 heavy (non-hydrogen) atoms. The van der Waals surface area contributed by atoms with E-state index in [0.717, 1.165) is 24.8 Å². The van der Waals surface area contributed by atoms with Crippen molar-refractivity contribution < 1.29 is 27.5 Å². The first-order chi connectivity index (χ1) is 10.8. The second kappa shape index (κ2) is 8.76. The summed E-state index contributed by atoms with van der Waals surface area (Å²) in [6.07, 6.45) is -3.64. The van der Waals surface area contributed by atoms with Gasteiger partial charge < -0.3 is 4.74 Å². The molecule has 0 N–H and O–H groups in total. The van der Waals surface area contributed by atoms with Crippen molar-refractivity contribution in [3.8, 4) is 0 Å². The van der Waals surface area contributed by atoms with Gasteiger partial charge in [0.25, 0.3) is 0 Å². The van der Waals surface area contributed by atoms with Crippen molar-refractivity contribution in [1.29, 1.82) is 0 Å². The van der Waals surface area contributed by atoms with Gasteiger partial charge in [0.2, 0.25) is 0 Å². The summed E-state index contributed by atoms with van der Waals surface area (Å²) in [5.74, 6) is -0.139. The Bertz CT molecular complexity index is 594. The lowest BCUT2D eigenvalue weighted by atomic mass is 10.0. The van der Waals surface area contributed by atoms with Crippen LogP contribution in [0.15, 0.2) is 29.8 Å². The molecule has 0 aliphatic carbocycles. The molecular formula is C16H17F3O3S. The molecule has 3 nitrogen and oxygen atoms in total. The van der Waals surface area contributed by atoms with Crippen molar-refractivity contribution in [3.63, 3.8) is 0 Å². The fraction of sp³-hybridized carbons (Fsp3) is 0.375. The number of ether oxygens (including phenoxy) is 1. The predicted octanol–water partition coefficient (Wildman–Crippen LogP) is 3.97. The van der Waals surface area contributed by atoms with Gasteiger partial charge in [0.15, 0.2) is 5.78 Å². The highest BCUT2D eigenvalue weighted by Gasteiger charge is 2.33. The van der Waals surface area contributed by atoms with Crippen molar-refractivity contribution in [2.75, 3.05) is 18.1 Å². The Morgan fingerprint density at radius 2 is 1.91 bits per heavy atom.